The molecule has 0 aliphatic carbocycles. The summed E-state index contributed by atoms with van der Waals surface area (Å²) in [4.78, 5) is 28.5. The highest BCUT2D eigenvalue weighted by Gasteiger charge is 2.34. The van der Waals surface area contributed by atoms with Crippen molar-refractivity contribution >= 4 is 62.3 Å². The van der Waals surface area contributed by atoms with E-state index in [-0.39, 0.29) is 35.5 Å². The number of carbonyl (C=O) groups excluding carboxylic acids is 2. The molecule has 0 radical (unpaired) electrons. The van der Waals surface area contributed by atoms with Gasteiger partial charge in [0.05, 0.1) is 10.6 Å². The molecule has 0 heterocycles. The zero-order valence-corrected chi connectivity index (χ0v) is 24.9. The van der Waals surface area contributed by atoms with Gasteiger partial charge in [0, 0.05) is 33.2 Å². The second kappa shape index (κ2) is 13.5. The first-order valence-corrected chi connectivity index (χ1v) is 14.9. The lowest BCUT2D eigenvalue weighted by molar-refractivity contribution is -0.140. The van der Waals surface area contributed by atoms with Crippen LogP contribution in [0, 0.1) is 0 Å². The standard InChI is InChI=1S/C28H30Cl3N3O4S/c1-4-26(28(36)32-19(2)3)33(17-23-24(30)11-8-12-25(23)31)27(35)18-34(21-15-13-20(29)14-16-21)39(37,38)22-9-6-5-7-10-22/h5-16,19,26H,4,17-18H2,1-3H3,(H,32,36). The molecule has 0 saturated carbocycles. The van der Waals surface area contributed by atoms with Crippen LogP contribution in [0.4, 0.5) is 5.69 Å². The fraction of sp³-hybridized carbons (Fsp3) is 0.286. The zero-order valence-electron chi connectivity index (χ0n) is 21.8. The van der Waals surface area contributed by atoms with Gasteiger partial charge in [-0.25, -0.2) is 8.42 Å². The fourth-order valence-corrected chi connectivity index (χ4v) is 6.09. The molecule has 11 heteroatoms. The van der Waals surface area contributed by atoms with E-state index in [9.17, 15) is 18.0 Å². The first kappa shape index (κ1) is 30.8. The Hall–Kier alpha value is -2.78. The topological polar surface area (TPSA) is 86.8 Å². The summed E-state index contributed by atoms with van der Waals surface area (Å²) >= 11 is 18.9. The number of sulfonamides is 1. The largest absolute Gasteiger partial charge is 0.352 e. The molecule has 3 rings (SSSR count). The third kappa shape index (κ3) is 7.66. The minimum Gasteiger partial charge on any atom is -0.352 e. The number of benzene rings is 3. The maximum atomic E-state index is 14.0. The minimum absolute atomic E-state index is 0.0121. The van der Waals surface area contributed by atoms with E-state index in [0.29, 0.717) is 20.6 Å². The number of amides is 2. The average molecular weight is 611 g/mol. The lowest BCUT2D eigenvalue weighted by Gasteiger charge is -2.34. The van der Waals surface area contributed by atoms with Crippen molar-refractivity contribution in [1.82, 2.24) is 10.2 Å². The lowest BCUT2D eigenvalue weighted by atomic mass is 10.1. The predicted octanol–water partition coefficient (Wildman–Crippen LogP) is 6.17. The number of nitrogens with one attached hydrogen (secondary N) is 1. The van der Waals surface area contributed by atoms with E-state index >= 15 is 0 Å². The van der Waals surface area contributed by atoms with Gasteiger partial charge in [0.2, 0.25) is 11.8 Å². The predicted molar refractivity (Wildman–Crippen MR) is 157 cm³/mol. The Kier molecular flexibility index (Phi) is 10.7. The van der Waals surface area contributed by atoms with Crippen molar-refractivity contribution in [3.63, 3.8) is 0 Å². The number of halogens is 3. The summed E-state index contributed by atoms with van der Waals surface area (Å²) < 4.78 is 28.5. The minimum atomic E-state index is -4.17. The summed E-state index contributed by atoms with van der Waals surface area (Å²) in [5, 5.41) is 3.91. The molecule has 1 atom stereocenters. The van der Waals surface area contributed by atoms with E-state index in [4.69, 9.17) is 34.8 Å². The molecule has 0 aliphatic heterocycles. The zero-order chi connectivity index (χ0) is 28.7. The number of anilines is 1. The third-order valence-electron chi connectivity index (χ3n) is 5.93. The van der Waals surface area contributed by atoms with Gasteiger partial charge in [-0.2, -0.15) is 0 Å². The molecule has 208 valence electrons. The monoisotopic (exact) mass is 609 g/mol. The van der Waals surface area contributed by atoms with Crippen molar-refractivity contribution in [2.45, 2.75) is 50.7 Å². The SMILES string of the molecule is CCC(C(=O)NC(C)C)N(Cc1c(Cl)cccc1Cl)C(=O)CN(c1ccc(Cl)cc1)S(=O)(=O)c1ccccc1. The Morgan fingerprint density at radius 2 is 1.46 bits per heavy atom. The molecule has 1 unspecified atom stereocenters. The van der Waals surface area contributed by atoms with Crippen LogP contribution in [-0.2, 0) is 26.2 Å². The Bertz CT molecular complexity index is 1380. The summed E-state index contributed by atoms with van der Waals surface area (Å²) in [5.41, 5.74) is 0.695. The molecule has 0 aromatic heterocycles. The molecule has 0 bridgehead atoms. The lowest BCUT2D eigenvalue weighted by Crippen LogP contribution is -2.53. The first-order valence-electron chi connectivity index (χ1n) is 12.3. The summed E-state index contributed by atoms with van der Waals surface area (Å²) in [6, 6.07) is 17.8. The Balaban J connectivity index is 2.09. The summed E-state index contributed by atoms with van der Waals surface area (Å²) in [7, 11) is -4.17. The second-order valence-electron chi connectivity index (χ2n) is 9.11. The van der Waals surface area contributed by atoms with Crippen LogP contribution < -0.4 is 9.62 Å². The van der Waals surface area contributed by atoms with Gasteiger partial charge < -0.3 is 10.2 Å². The van der Waals surface area contributed by atoms with Gasteiger partial charge in [0.25, 0.3) is 10.0 Å². The highest BCUT2D eigenvalue weighted by Crippen LogP contribution is 2.29. The van der Waals surface area contributed by atoms with E-state index in [1.807, 2.05) is 13.8 Å². The van der Waals surface area contributed by atoms with Gasteiger partial charge in [0.1, 0.15) is 12.6 Å². The van der Waals surface area contributed by atoms with Gasteiger partial charge in [-0.3, -0.25) is 13.9 Å². The first-order chi connectivity index (χ1) is 18.4. The molecule has 0 spiro atoms. The van der Waals surface area contributed by atoms with E-state index < -0.39 is 28.5 Å². The van der Waals surface area contributed by atoms with Crippen molar-refractivity contribution in [1.29, 1.82) is 0 Å². The maximum absolute atomic E-state index is 14.0. The normalized spacial score (nSPS) is 12.2. The van der Waals surface area contributed by atoms with Crippen molar-refractivity contribution in [3.05, 3.63) is 93.4 Å². The highest BCUT2D eigenvalue weighted by molar-refractivity contribution is 7.92. The maximum Gasteiger partial charge on any atom is 0.264 e. The van der Waals surface area contributed by atoms with Crippen LogP contribution in [0.3, 0.4) is 0 Å². The average Bonchev–Trinajstić information content (AvgIpc) is 2.89. The molecule has 7 nitrogen and oxygen atoms in total. The molecule has 3 aromatic rings. The van der Waals surface area contributed by atoms with Crippen LogP contribution in [0.15, 0.2) is 77.7 Å². The van der Waals surface area contributed by atoms with Crippen LogP contribution in [0.25, 0.3) is 0 Å². The number of hydrogen-bond acceptors (Lipinski definition) is 4. The second-order valence-corrected chi connectivity index (χ2v) is 12.2. The Morgan fingerprint density at radius 1 is 0.872 bits per heavy atom. The van der Waals surface area contributed by atoms with E-state index in [0.717, 1.165) is 4.31 Å². The Morgan fingerprint density at radius 3 is 2.00 bits per heavy atom. The number of rotatable bonds is 11. The summed E-state index contributed by atoms with van der Waals surface area (Å²) in [5.74, 6) is -0.973. The molecule has 0 fully saturated rings. The molecule has 39 heavy (non-hydrogen) atoms. The third-order valence-corrected chi connectivity index (χ3v) is 8.68. The van der Waals surface area contributed by atoms with Crippen LogP contribution >= 0.6 is 34.8 Å². The van der Waals surface area contributed by atoms with Crippen molar-refractivity contribution in [2.75, 3.05) is 10.8 Å². The van der Waals surface area contributed by atoms with E-state index in [1.54, 1.807) is 55.5 Å². The number of nitrogens with zero attached hydrogens (tertiary/aromatic N) is 2. The molecule has 3 aromatic carbocycles. The fourth-order valence-electron chi connectivity index (χ4n) is 4.01. The van der Waals surface area contributed by atoms with Crippen LogP contribution in [-0.4, -0.2) is 43.8 Å². The highest BCUT2D eigenvalue weighted by atomic mass is 35.5. The molecule has 0 aliphatic rings. The summed E-state index contributed by atoms with van der Waals surface area (Å²) in [6.07, 6.45) is 0.277. The smallest absolute Gasteiger partial charge is 0.264 e. The van der Waals surface area contributed by atoms with Crippen molar-refractivity contribution < 1.29 is 18.0 Å². The van der Waals surface area contributed by atoms with Crippen molar-refractivity contribution in [3.8, 4) is 0 Å². The molecule has 2 amide bonds. The molecule has 0 saturated heterocycles. The molecular weight excluding hydrogens is 581 g/mol. The van der Waals surface area contributed by atoms with Crippen molar-refractivity contribution in [2.24, 2.45) is 0 Å². The van der Waals surface area contributed by atoms with Gasteiger partial charge in [0.15, 0.2) is 0 Å². The number of carbonyl (C=O) groups is 2. The van der Waals surface area contributed by atoms with Crippen LogP contribution in [0.2, 0.25) is 15.1 Å². The number of hydrogen-bond donors (Lipinski definition) is 1. The quantitative estimate of drug-likeness (QED) is 0.281. The van der Waals surface area contributed by atoms with Gasteiger partial charge in [-0.1, -0.05) is 66.0 Å². The van der Waals surface area contributed by atoms with Crippen LogP contribution in [0.1, 0.15) is 32.8 Å². The van der Waals surface area contributed by atoms with Gasteiger partial charge in [-0.15, -0.1) is 0 Å². The van der Waals surface area contributed by atoms with Crippen LogP contribution in [0.5, 0.6) is 0 Å². The molecular formula is C28H30Cl3N3O4S. The van der Waals surface area contributed by atoms with Gasteiger partial charge in [-0.05, 0) is 68.8 Å². The Labute approximate surface area is 244 Å². The van der Waals surface area contributed by atoms with E-state index in [1.165, 1.54) is 29.2 Å². The summed E-state index contributed by atoms with van der Waals surface area (Å²) in [6.45, 7) is 4.73. The van der Waals surface area contributed by atoms with E-state index in [2.05, 4.69) is 5.32 Å². The van der Waals surface area contributed by atoms with Gasteiger partial charge >= 0.3 is 0 Å². The molecule has 1 N–H and O–H groups in total.